The predicted molar refractivity (Wildman–Crippen MR) is 107 cm³/mol. The molecule has 0 bridgehead atoms. The molecule has 0 radical (unpaired) electrons. The van der Waals surface area contributed by atoms with Crippen molar-refractivity contribution in [2.45, 2.75) is 12.5 Å². The molecule has 3 aromatic carbocycles. The zero-order chi connectivity index (χ0) is 18.8. The van der Waals surface area contributed by atoms with Crippen molar-refractivity contribution in [3.8, 4) is 0 Å². The van der Waals surface area contributed by atoms with E-state index in [1.165, 1.54) is 11.1 Å². The Hall–Kier alpha value is -2.79. The molecule has 1 aliphatic rings. The van der Waals surface area contributed by atoms with Crippen molar-refractivity contribution in [3.05, 3.63) is 106 Å². The minimum atomic E-state index is -0.474. The average Bonchev–Trinajstić information content (AvgIpc) is 3.14. The first-order valence-electron chi connectivity index (χ1n) is 8.60. The maximum absolute atomic E-state index is 14.5. The molecule has 0 saturated heterocycles. The first-order valence-corrected chi connectivity index (χ1v) is 9.39. The molecule has 0 N–H and O–H groups in total. The third kappa shape index (κ3) is 3.55. The number of carbonyl (C=O) groups is 1. The van der Waals surface area contributed by atoms with Crippen molar-refractivity contribution < 1.29 is 9.18 Å². The first-order chi connectivity index (χ1) is 13.1. The first kappa shape index (κ1) is 17.6. The van der Waals surface area contributed by atoms with Gasteiger partial charge in [-0.05, 0) is 35.9 Å². The van der Waals surface area contributed by atoms with Crippen LogP contribution < -0.4 is 0 Å². The monoisotopic (exact) mass is 422 g/mol. The lowest BCUT2D eigenvalue weighted by atomic mass is 9.97. The highest BCUT2D eigenvalue weighted by Crippen LogP contribution is 2.35. The molecular weight excluding hydrogens is 407 g/mol. The van der Waals surface area contributed by atoms with E-state index in [9.17, 15) is 9.18 Å². The molecule has 0 saturated carbocycles. The van der Waals surface area contributed by atoms with Crippen molar-refractivity contribution in [1.29, 1.82) is 0 Å². The molecule has 1 unspecified atom stereocenters. The summed E-state index contributed by atoms with van der Waals surface area (Å²) < 4.78 is 15.4. The van der Waals surface area contributed by atoms with Crippen LogP contribution in [0.25, 0.3) is 0 Å². The second-order valence-corrected chi connectivity index (χ2v) is 7.23. The van der Waals surface area contributed by atoms with E-state index < -0.39 is 6.04 Å². The SMILES string of the molecule is O=C(c1ccccc1)N1N=C(c2ccc(Br)cc2)CC1c1ccccc1F. The fourth-order valence-corrected chi connectivity index (χ4v) is 3.48. The fourth-order valence-electron chi connectivity index (χ4n) is 3.22. The molecule has 3 aromatic rings. The van der Waals surface area contributed by atoms with Crippen LogP contribution in [0.3, 0.4) is 0 Å². The minimum Gasteiger partial charge on any atom is -0.267 e. The molecule has 0 aliphatic carbocycles. The summed E-state index contributed by atoms with van der Waals surface area (Å²) in [6.45, 7) is 0. The van der Waals surface area contributed by atoms with Gasteiger partial charge in [0.2, 0.25) is 0 Å². The predicted octanol–water partition coefficient (Wildman–Crippen LogP) is 5.58. The quantitative estimate of drug-likeness (QED) is 0.542. The normalized spacial score (nSPS) is 16.3. The van der Waals surface area contributed by atoms with Crippen LogP contribution in [0.15, 0.2) is 88.4 Å². The van der Waals surface area contributed by atoms with Gasteiger partial charge in [-0.15, -0.1) is 0 Å². The summed E-state index contributed by atoms with van der Waals surface area (Å²) in [5, 5.41) is 5.99. The van der Waals surface area contributed by atoms with Gasteiger partial charge in [0, 0.05) is 22.0 Å². The van der Waals surface area contributed by atoms with Crippen molar-refractivity contribution in [1.82, 2.24) is 5.01 Å². The van der Waals surface area contributed by atoms with Gasteiger partial charge in [0.1, 0.15) is 5.82 Å². The molecule has 1 amide bonds. The summed E-state index contributed by atoms with van der Waals surface area (Å²) >= 11 is 3.42. The number of halogens is 2. The van der Waals surface area contributed by atoms with Gasteiger partial charge in [0.25, 0.3) is 5.91 Å². The van der Waals surface area contributed by atoms with Gasteiger partial charge in [-0.3, -0.25) is 4.79 Å². The second kappa shape index (κ2) is 7.45. The van der Waals surface area contributed by atoms with Gasteiger partial charge in [-0.1, -0.05) is 64.5 Å². The Labute approximate surface area is 165 Å². The van der Waals surface area contributed by atoms with Crippen LogP contribution in [-0.4, -0.2) is 16.6 Å². The van der Waals surface area contributed by atoms with Crippen LogP contribution in [0.1, 0.15) is 33.9 Å². The van der Waals surface area contributed by atoms with E-state index in [2.05, 4.69) is 21.0 Å². The van der Waals surface area contributed by atoms with E-state index >= 15 is 0 Å². The maximum Gasteiger partial charge on any atom is 0.274 e. The second-order valence-electron chi connectivity index (χ2n) is 6.31. The van der Waals surface area contributed by atoms with E-state index in [0.717, 1.165) is 15.7 Å². The highest BCUT2D eigenvalue weighted by molar-refractivity contribution is 9.10. The molecule has 27 heavy (non-hydrogen) atoms. The summed E-state index contributed by atoms with van der Waals surface area (Å²) in [5.41, 5.74) is 2.68. The van der Waals surface area contributed by atoms with Crippen molar-refractivity contribution in [2.24, 2.45) is 5.10 Å². The van der Waals surface area contributed by atoms with E-state index in [4.69, 9.17) is 0 Å². The largest absolute Gasteiger partial charge is 0.274 e. The smallest absolute Gasteiger partial charge is 0.267 e. The van der Waals surface area contributed by atoms with Crippen LogP contribution in [0.2, 0.25) is 0 Å². The summed E-state index contributed by atoms with van der Waals surface area (Å²) in [5.74, 6) is -0.573. The van der Waals surface area contributed by atoms with Crippen molar-refractivity contribution in [3.63, 3.8) is 0 Å². The lowest BCUT2D eigenvalue weighted by molar-refractivity contribution is 0.0708. The Morgan fingerprint density at radius 3 is 2.33 bits per heavy atom. The van der Waals surface area contributed by atoms with Crippen LogP contribution in [-0.2, 0) is 0 Å². The number of amides is 1. The summed E-state index contributed by atoms with van der Waals surface area (Å²) in [7, 11) is 0. The Kier molecular flexibility index (Phi) is 4.86. The minimum absolute atomic E-state index is 0.240. The Bertz CT molecular complexity index is 1000. The highest BCUT2D eigenvalue weighted by atomic mass is 79.9. The van der Waals surface area contributed by atoms with Gasteiger partial charge in [-0.25, -0.2) is 9.40 Å². The number of hydrazone groups is 1. The summed E-state index contributed by atoms with van der Waals surface area (Å²) in [6, 6.07) is 22.8. The maximum atomic E-state index is 14.5. The van der Waals surface area contributed by atoms with Crippen LogP contribution in [0, 0.1) is 5.82 Å². The van der Waals surface area contributed by atoms with Crippen LogP contribution >= 0.6 is 15.9 Å². The number of carbonyl (C=O) groups excluding carboxylic acids is 1. The van der Waals surface area contributed by atoms with E-state index in [1.54, 1.807) is 42.5 Å². The average molecular weight is 423 g/mol. The molecule has 0 spiro atoms. The van der Waals surface area contributed by atoms with Crippen LogP contribution in [0.4, 0.5) is 4.39 Å². The molecule has 1 atom stereocenters. The third-order valence-corrected chi connectivity index (χ3v) is 5.11. The van der Waals surface area contributed by atoms with E-state index in [-0.39, 0.29) is 11.7 Å². The number of nitrogens with zero attached hydrogens (tertiary/aromatic N) is 2. The molecule has 134 valence electrons. The fraction of sp³-hybridized carbons (Fsp3) is 0.0909. The Morgan fingerprint density at radius 1 is 0.963 bits per heavy atom. The van der Waals surface area contributed by atoms with Crippen molar-refractivity contribution >= 4 is 27.5 Å². The third-order valence-electron chi connectivity index (χ3n) is 4.58. The van der Waals surface area contributed by atoms with E-state index in [0.29, 0.717) is 17.5 Å². The Balaban J connectivity index is 1.75. The summed E-state index contributed by atoms with van der Waals surface area (Å²) in [6.07, 6.45) is 0.459. The topological polar surface area (TPSA) is 32.7 Å². The number of benzene rings is 3. The highest BCUT2D eigenvalue weighted by Gasteiger charge is 2.35. The van der Waals surface area contributed by atoms with Gasteiger partial charge >= 0.3 is 0 Å². The van der Waals surface area contributed by atoms with E-state index in [1.807, 2.05) is 30.3 Å². The molecule has 1 aliphatic heterocycles. The standard InChI is InChI=1S/C22H16BrFN2O/c23-17-12-10-15(11-13-17)20-14-21(18-8-4-5-9-19(18)24)26(25-20)22(27)16-6-2-1-3-7-16/h1-13,21H,14H2. The number of hydrogen-bond acceptors (Lipinski definition) is 2. The molecule has 1 heterocycles. The number of rotatable bonds is 3. The van der Waals surface area contributed by atoms with Gasteiger partial charge in [-0.2, -0.15) is 5.10 Å². The Morgan fingerprint density at radius 2 is 1.63 bits per heavy atom. The number of hydrogen-bond donors (Lipinski definition) is 0. The molecule has 0 aromatic heterocycles. The summed E-state index contributed by atoms with van der Waals surface area (Å²) in [4.78, 5) is 13.1. The molecule has 0 fully saturated rings. The molecule has 5 heteroatoms. The molecular formula is C22H16BrFN2O. The van der Waals surface area contributed by atoms with Gasteiger partial charge in [0.05, 0.1) is 11.8 Å². The van der Waals surface area contributed by atoms with Gasteiger partial charge < -0.3 is 0 Å². The lowest BCUT2D eigenvalue weighted by Gasteiger charge is -2.22. The zero-order valence-electron chi connectivity index (χ0n) is 14.3. The lowest BCUT2D eigenvalue weighted by Crippen LogP contribution is -2.27. The molecule has 3 nitrogen and oxygen atoms in total. The molecule has 4 rings (SSSR count). The van der Waals surface area contributed by atoms with Crippen LogP contribution in [0.5, 0.6) is 0 Å². The van der Waals surface area contributed by atoms with Gasteiger partial charge in [0.15, 0.2) is 0 Å². The zero-order valence-corrected chi connectivity index (χ0v) is 15.9. The van der Waals surface area contributed by atoms with Crippen molar-refractivity contribution in [2.75, 3.05) is 0 Å².